The van der Waals surface area contributed by atoms with Crippen molar-refractivity contribution in [2.24, 2.45) is 5.92 Å². The topological polar surface area (TPSA) is 40.6 Å². The molecule has 1 saturated carbocycles. The monoisotopic (exact) mass is 512 g/mol. The Morgan fingerprint density at radius 2 is 1.58 bits per heavy atom. The van der Waals surface area contributed by atoms with E-state index in [1.165, 1.54) is 37.7 Å². The van der Waals surface area contributed by atoms with Crippen molar-refractivity contribution >= 4 is 17.3 Å². The van der Waals surface area contributed by atoms with Crippen LogP contribution in [-0.2, 0) is 11.3 Å². The number of rotatable bonds is 9. The first-order chi connectivity index (χ1) is 18.1. The van der Waals surface area contributed by atoms with Crippen LogP contribution in [0.2, 0.25) is 0 Å². The van der Waals surface area contributed by atoms with Gasteiger partial charge in [-0.05, 0) is 100 Å². The summed E-state index contributed by atoms with van der Waals surface area (Å²) >= 11 is 0. The smallest absolute Gasteiger partial charge is 0.163 e. The summed E-state index contributed by atoms with van der Waals surface area (Å²) in [5, 5.41) is 0. The summed E-state index contributed by atoms with van der Waals surface area (Å²) in [6.07, 6.45) is 11.0. The number of hydrogen-bond acceptors (Lipinski definition) is 4. The summed E-state index contributed by atoms with van der Waals surface area (Å²) in [6, 6.07) is 13.6. The number of carbonyl (C=O) groups excluding carboxylic acids is 2. The minimum atomic E-state index is -0.195. The fourth-order valence-electron chi connectivity index (χ4n) is 6.19. The molecule has 0 spiro atoms. The number of hydrogen-bond donors (Lipinski definition) is 0. The number of nitrogens with zero attached hydrogens (tertiary/aromatic N) is 2. The maximum atomic E-state index is 13.7. The number of ketones is 2. The van der Waals surface area contributed by atoms with Gasteiger partial charge in [-0.25, -0.2) is 0 Å². The van der Waals surface area contributed by atoms with E-state index in [0.717, 1.165) is 45.6 Å². The molecule has 4 heteroatoms. The van der Waals surface area contributed by atoms with Gasteiger partial charge in [0.25, 0.3) is 0 Å². The van der Waals surface area contributed by atoms with E-state index in [0.29, 0.717) is 18.9 Å². The standard InChI is InChI=1S/C34H44N2O2/c1-23-18-24(2)30(34(38)19-23)16-17-33(37)31-20-28(27-14-12-26(13-15-27)22-35(4)5)21-32(25(31)3)36(6)29-10-8-7-9-11-29/h12-15,18-21,29-30H,7-11,16-17,22H2,1-6H3. The van der Waals surface area contributed by atoms with Gasteiger partial charge in [-0.15, -0.1) is 0 Å². The summed E-state index contributed by atoms with van der Waals surface area (Å²) in [7, 11) is 6.35. The number of benzene rings is 2. The average molecular weight is 513 g/mol. The molecule has 0 amide bonds. The van der Waals surface area contributed by atoms with E-state index in [4.69, 9.17) is 0 Å². The Hall–Kier alpha value is -2.98. The van der Waals surface area contributed by atoms with Crippen LogP contribution in [0.4, 0.5) is 5.69 Å². The highest BCUT2D eigenvalue weighted by atomic mass is 16.1. The quantitative estimate of drug-likeness (QED) is 0.325. The van der Waals surface area contributed by atoms with Gasteiger partial charge in [0.15, 0.2) is 11.6 Å². The summed E-state index contributed by atoms with van der Waals surface area (Å²) in [4.78, 5) is 31.0. The van der Waals surface area contributed by atoms with Crippen LogP contribution < -0.4 is 4.90 Å². The second kappa shape index (κ2) is 12.3. The second-order valence-corrected chi connectivity index (χ2v) is 11.7. The zero-order chi connectivity index (χ0) is 27.4. The van der Waals surface area contributed by atoms with Gasteiger partial charge in [-0.2, -0.15) is 0 Å². The van der Waals surface area contributed by atoms with Crippen molar-refractivity contribution in [2.45, 2.75) is 78.3 Å². The lowest BCUT2D eigenvalue weighted by molar-refractivity contribution is -0.117. The van der Waals surface area contributed by atoms with Crippen LogP contribution in [0.5, 0.6) is 0 Å². The van der Waals surface area contributed by atoms with Crippen LogP contribution in [0, 0.1) is 12.8 Å². The predicted octanol–water partition coefficient (Wildman–Crippen LogP) is 7.55. The van der Waals surface area contributed by atoms with Gasteiger partial charge in [0.1, 0.15) is 0 Å². The average Bonchev–Trinajstić information content (AvgIpc) is 2.88. The van der Waals surface area contributed by atoms with Crippen molar-refractivity contribution in [1.82, 2.24) is 4.90 Å². The lowest BCUT2D eigenvalue weighted by Crippen LogP contribution is -2.34. The molecule has 2 aliphatic carbocycles. The molecule has 0 N–H and O–H groups in total. The summed E-state index contributed by atoms with van der Waals surface area (Å²) in [6.45, 7) is 6.95. The molecule has 0 bridgehead atoms. The van der Waals surface area contributed by atoms with Gasteiger partial charge in [-0.1, -0.05) is 55.2 Å². The third-order valence-electron chi connectivity index (χ3n) is 8.35. The Morgan fingerprint density at radius 3 is 2.21 bits per heavy atom. The molecule has 2 aromatic carbocycles. The Bertz CT molecular complexity index is 1230. The van der Waals surface area contributed by atoms with Crippen LogP contribution in [0.15, 0.2) is 59.7 Å². The van der Waals surface area contributed by atoms with Crippen LogP contribution in [-0.4, -0.2) is 43.7 Å². The Balaban J connectivity index is 1.65. The molecule has 1 atom stereocenters. The highest BCUT2D eigenvalue weighted by Gasteiger charge is 2.26. The molecule has 1 fully saturated rings. The van der Waals surface area contributed by atoms with E-state index in [-0.39, 0.29) is 17.5 Å². The van der Waals surface area contributed by atoms with E-state index < -0.39 is 0 Å². The van der Waals surface area contributed by atoms with Gasteiger partial charge < -0.3 is 9.80 Å². The molecule has 0 saturated heterocycles. The molecular weight excluding hydrogens is 468 g/mol. The fraction of sp³-hybridized carbons (Fsp3) is 0.471. The first kappa shape index (κ1) is 28.0. The molecule has 2 aliphatic rings. The predicted molar refractivity (Wildman–Crippen MR) is 159 cm³/mol. The van der Waals surface area contributed by atoms with E-state index in [9.17, 15) is 9.59 Å². The number of anilines is 1. The Kier molecular flexibility index (Phi) is 9.04. The van der Waals surface area contributed by atoms with Crippen molar-refractivity contribution in [3.63, 3.8) is 0 Å². The van der Waals surface area contributed by atoms with Gasteiger partial charge in [0.2, 0.25) is 0 Å². The minimum Gasteiger partial charge on any atom is -0.371 e. The van der Waals surface area contributed by atoms with Gasteiger partial charge >= 0.3 is 0 Å². The zero-order valence-corrected chi connectivity index (χ0v) is 24.1. The SMILES string of the molecule is CC1=CC(=O)C(CCC(=O)c2cc(-c3ccc(CN(C)C)cc3)cc(N(C)C3CCCCC3)c2C)C(C)=C1. The number of carbonyl (C=O) groups is 2. The third kappa shape index (κ3) is 6.53. The largest absolute Gasteiger partial charge is 0.371 e. The van der Waals surface area contributed by atoms with Gasteiger partial charge in [0.05, 0.1) is 0 Å². The third-order valence-corrected chi connectivity index (χ3v) is 8.35. The van der Waals surface area contributed by atoms with Crippen molar-refractivity contribution < 1.29 is 9.59 Å². The van der Waals surface area contributed by atoms with Crippen molar-refractivity contribution in [3.8, 4) is 11.1 Å². The molecule has 4 nitrogen and oxygen atoms in total. The van der Waals surface area contributed by atoms with Crippen LogP contribution >= 0.6 is 0 Å². The zero-order valence-electron chi connectivity index (χ0n) is 24.1. The van der Waals surface area contributed by atoms with Gasteiger partial charge in [0, 0.05) is 43.2 Å². The molecule has 0 radical (unpaired) electrons. The highest BCUT2D eigenvalue weighted by Crippen LogP contribution is 2.35. The molecule has 2 aromatic rings. The maximum absolute atomic E-state index is 13.7. The van der Waals surface area contributed by atoms with E-state index in [1.807, 2.05) is 13.8 Å². The lowest BCUT2D eigenvalue weighted by Gasteiger charge is -2.34. The Morgan fingerprint density at radius 1 is 0.895 bits per heavy atom. The van der Waals surface area contributed by atoms with Crippen LogP contribution in [0.25, 0.3) is 11.1 Å². The summed E-state index contributed by atoms with van der Waals surface area (Å²) < 4.78 is 0. The van der Waals surface area contributed by atoms with E-state index in [1.54, 1.807) is 6.08 Å². The molecule has 4 rings (SSSR count). The molecule has 202 valence electrons. The molecule has 1 unspecified atom stereocenters. The molecule has 0 aromatic heterocycles. The van der Waals surface area contributed by atoms with Crippen LogP contribution in [0.3, 0.4) is 0 Å². The highest BCUT2D eigenvalue weighted by molar-refractivity contribution is 6.01. The first-order valence-corrected chi connectivity index (χ1v) is 14.2. The van der Waals surface area contributed by atoms with Gasteiger partial charge in [-0.3, -0.25) is 9.59 Å². The number of allylic oxidation sites excluding steroid dienone is 4. The van der Waals surface area contributed by atoms with Crippen LogP contribution in [0.1, 0.15) is 80.3 Å². The normalized spacial score (nSPS) is 18.4. The molecular formula is C34H44N2O2. The molecule has 0 aliphatic heterocycles. The Labute approximate surface area is 229 Å². The molecule has 0 heterocycles. The molecule has 38 heavy (non-hydrogen) atoms. The second-order valence-electron chi connectivity index (χ2n) is 11.7. The lowest BCUT2D eigenvalue weighted by atomic mass is 9.84. The number of Topliss-reactive ketones (excluding diaryl/α,β-unsaturated/α-hetero) is 1. The van der Waals surface area contributed by atoms with E-state index in [2.05, 4.69) is 80.3 Å². The van der Waals surface area contributed by atoms with Crippen molar-refractivity contribution in [3.05, 3.63) is 76.4 Å². The summed E-state index contributed by atoms with van der Waals surface area (Å²) in [5.41, 5.74) is 8.51. The minimum absolute atomic E-state index is 0.122. The van der Waals surface area contributed by atoms with Crippen molar-refractivity contribution in [1.29, 1.82) is 0 Å². The van der Waals surface area contributed by atoms with Crippen molar-refractivity contribution in [2.75, 3.05) is 26.0 Å². The maximum Gasteiger partial charge on any atom is 0.163 e. The fourth-order valence-corrected chi connectivity index (χ4v) is 6.19. The van der Waals surface area contributed by atoms with E-state index >= 15 is 0 Å². The first-order valence-electron chi connectivity index (χ1n) is 14.2. The summed E-state index contributed by atoms with van der Waals surface area (Å²) in [5.74, 6) is 0.0508.